The Labute approximate surface area is 107 Å². The van der Waals surface area contributed by atoms with Crippen LogP contribution in [0.2, 0.25) is 0 Å². The van der Waals surface area contributed by atoms with Crippen molar-refractivity contribution in [2.24, 2.45) is 0 Å². The van der Waals surface area contributed by atoms with Crippen LogP contribution in [0.3, 0.4) is 0 Å². The SMILES string of the molecule is CN(Cc1cccc(C#N)c1)C(=O)CCCCl. The number of halogens is 1. The average Bonchev–Trinajstić information content (AvgIpc) is 2.36. The molecule has 1 aromatic carbocycles. The van der Waals surface area contributed by atoms with Gasteiger partial charge in [0.25, 0.3) is 0 Å². The molecule has 0 N–H and O–H groups in total. The molecular weight excluding hydrogens is 236 g/mol. The van der Waals surface area contributed by atoms with Gasteiger partial charge in [-0.1, -0.05) is 12.1 Å². The Morgan fingerprint density at radius 1 is 1.53 bits per heavy atom. The van der Waals surface area contributed by atoms with E-state index in [1.54, 1.807) is 24.1 Å². The van der Waals surface area contributed by atoms with Crippen LogP contribution in [-0.2, 0) is 11.3 Å². The van der Waals surface area contributed by atoms with Crippen LogP contribution in [0.25, 0.3) is 0 Å². The van der Waals surface area contributed by atoms with Gasteiger partial charge in [0.1, 0.15) is 0 Å². The van der Waals surface area contributed by atoms with E-state index in [-0.39, 0.29) is 5.91 Å². The van der Waals surface area contributed by atoms with Crippen LogP contribution in [-0.4, -0.2) is 23.7 Å². The second-order valence-corrected chi connectivity index (χ2v) is 4.23. The molecule has 90 valence electrons. The van der Waals surface area contributed by atoms with Crippen LogP contribution >= 0.6 is 11.6 Å². The summed E-state index contributed by atoms with van der Waals surface area (Å²) < 4.78 is 0. The van der Waals surface area contributed by atoms with Crippen molar-refractivity contribution in [2.75, 3.05) is 12.9 Å². The normalized spacial score (nSPS) is 9.71. The summed E-state index contributed by atoms with van der Waals surface area (Å²) in [5, 5.41) is 8.78. The molecule has 0 bridgehead atoms. The summed E-state index contributed by atoms with van der Waals surface area (Å²) in [4.78, 5) is 13.3. The molecule has 0 atom stereocenters. The second kappa shape index (κ2) is 6.93. The van der Waals surface area contributed by atoms with Crippen molar-refractivity contribution in [3.8, 4) is 6.07 Å². The molecule has 0 saturated carbocycles. The van der Waals surface area contributed by atoms with E-state index < -0.39 is 0 Å². The third-order valence-corrected chi connectivity index (χ3v) is 2.69. The summed E-state index contributed by atoms with van der Waals surface area (Å²) in [7, 11) is 1.76. The first-order chi connectivity index (χ1) is 8.17. The summed E-state index contributed by atoms with van der Waals surface area (Å²) in [5.41, 5.74) is 1.58. The van der Waals surface area contributed by atoms with Crippen LogP contribution in [0, 0.1) is 11.3 Å². The van der Waals surface area contributed by atoms with Crippen LogP contribution in [0.5, 0.6) is 0 Å². The summed E-state index contributed by atoms with van der Waals surface area (Å²) in [5.74, 6) is 0.580. The zero-order valence-electron chi connectivity index (χ0n) is 9.82. The molecular formula is C13H15ClN2O. The second-order valence-electron chi connectivity index (χ2n) is 3.85. The Hall–Kier alpha value is -1.53. The molecule has 0 aromatic heterocycles. The number of hydrogen-bond donors (Lipinski definition) is 0. The lowest BCUT2D eigenvalue weighted by Gasteiger charge is -2.17. The lowest BCUT2D eigenvalue weighted by Crippen LogP contribution is -2.25. The maximum Gasteiger partial charge on any atom is 0.222 e. The first kappa shape index (κ1) is 13.5. The van der Waals surface area contributed by atoms with Gasteiger partial charge in [0.05, 0.1) is 11.6 Å². The highest BCUT2D eigenvalue weighted by molar-refractivity contribution is 6.17. The maximum atomic E-state index is 11.7. The molecule has 0 spiro atoms. The Bertz CT molecular complexity index is 426. The number of amides is 1. The quantitative estimate of drug-likeness (QED) is 0.754. The number of rotatable bonds is 5. The molecule has 1 amide bonds. The van der Waals surface area contributed by atoms with Gasteiger partial charge in [-0.05, 0) is 24.1 Å². The molecule has 0 radical (unpaired) electrons. The summed E-state index contributed by atoms with van der Waals surface area (Å²) in [6, 6.07) is 9.36. The molecule has 3 nitrogen and oxygen atoms in total. The molecule has 0 heterocycles. The average molecular weight is 251 g/mol. The van der Waals surface area contributed by atoms with Crippen LogP contribution < -0.4 is 0 Å². The number of benzene rings is 1. The molecule has 0 aliphatic carbocycles. The van der Waals surface area contributed by atoms with Gasteiger partial charge < -0.3 is 4.90 Å². The Morgan fingerprint density at radius 3 is 2.94 bits per heavy atom. The molecule has 0 saturated heterocycles. The third kappa shape index (κ3) is 4.46. The predicted molar refractivity (Wildman–Crippen MR) is 67.6 cm³/mol. The minimum atomic E-state index is 0.0769. The van der Waals surface area contributed by atoms with E-state index in [4.69, 9.17) is 16.9 Å². The Morgan fingerprint density at radius 2 is 2.29 bits per heavy atom. The fourth-order valence-corrected chi connectivity index (χ4v) is 1.64. The topological polar surface area (TPSA) is 44.1 Å². The van der Waals surface area contributed by atoms with E-state index >= 15 is 0 Å². The van der Waals surface area contributed by atoms with Crippen molar-refractivity contribution in [1.82, 2.24) is 4.90 Å². The molecule has 1 rings (SSSR count). The third-order valence-electron chi connectivity index (χ3n) is 2.43. The number of hydrogen-bond acceptors (Lipinski definition) is 2. The van der Waals surface area contributed by atoms with Gasteiger partial charge in [0, 0.05) is 25.9 Å². The van der Waals surface area contributed by atoms with E-state index in [9.17, 15) is 4.79 Å². The smallest absolute Gasteiger partial charge is 0.222 e. The largest absolute Gasteiger partial charge is 0.341 e. The Balaban J connectivity index is 2.58. The van der Waals surface area contributed by atoms with Gasteiger partial charge in [-0.3, -0.25) is 4.79 Å². The van der Waals surface area contributed by atoms with Crippen molar-refractivity contribution in [1.29, 1.82) is 5.26 Å². The zero-order valence-corrected chi connectivity index (χ0v) is 10.6. The first-order valence-corrected chi connectivity index (χ1v) is 6.00. The monoisotopic (exact) mass is 250 g/mol. The van der Waals surface area contributed by atoms with Crippen molar-refractivity contribution in [3.05, 3.63) is 35.4 Å². The molecule has 1 aromatic rings. The number of carbonyl (C=O) groups excluding carboxylic acids is 1. The van der Waals surface area contributed by atoms with Crippen molar-refractivity contribution in [2.45, 2.75) is 19.4 Å². The minimum absolute atomic E-state index is 0.0769. The number of carbonyl (C=O) groups is 1. The van der Waals surface area contributed by atoms with Crippen molar-refractivity contribution in [3.63, 3.8) is 0 Å². The molecule has 0 aliphatic rings. The van der Waals surface area contributed by atoms with Crippen LogP contribution in [0.4, 0.5) is 0 Å². The molecule has 0 fully saturated rings. The molecule has 0 aliphatic heterocycles. The zero-order chi connectivity index (χ0) is 12.7. The predicted octanol–water partition coefficient (Wildman–Crippen LogP) is 2.54. The Kier molecular flexibility index (Phi) is 5.51. The van der Waals surface area contributed by atoms with Crippen LogP contribution in [0.15, 0.2) is 24.3 Å². The van der Waals surface area contributed by atoms with E-state index in [0.29, 0.717) is 30.8 Å². The highest BCUT2D eigenvalue weighted by Gasteiger charge is 2.08. The van der Waals surface area contributed by atoms with Gasteiger partial charge in [0.15, 0.2) is 0 Å². The van der Waals surface area contributed by atoms with E-state index in [0.717, 1.165) is 5.56 Å². The van der Waals surface area contributed by atoms with Gasteiger partial charge >= 0.3 is 0 Å². The lowest BCUT2D eigenvalue weighted by atomic mass is 10.1. The van der Waals surface area contributed by atoms with Crippen LogP contribution in [0.1, 0.15) is 24.0 Å². The number of alkyl halides is 1. The van der Waals surface area contributed by atoms with E-state index in [2.05, 4.69) is 6.07 Å². The van der Waals surface area contributed by atoms with E-state index in [1.165, 1.54) is 0 Å². The summed E-state index contributed by atoms with van der Waals surface area (Å²) >= 11 is 5.54. The fourth-order valence-electron chi connectivity index (χ4n) is 1.51. The first-order valence-electron chi connectivity index (χ1n) is 5.46. The fraction of sp³-hybridized carbons (Fsp3) is 0.385. The summed E-state index contributed by atoms with van der Waals surface area (Å²) in [6.07, 6.45) is 1.17. The highest BCUT2D eigenvalue weighted by atomic mass is 35.5. The van der Waals surface area contributed by atoms with Crippen molar-refractivity contribution < 1.29 is 4.79 Å². The van der Waals surface area contributed by atoms with Gasteiger partial charge in [-0.2, -0.15) is 5.26 Å². The lowest BCUT2D eigenvalue weighted by molar-refractivity contribution is -0.130. The van der Waals surface area contributed by atoms with Gasteiger partial charge in [0.2, 0.25) is 5.91 Å². The van der Waals surface area contributed by atoms with Crippen molar-refractivity contribution >= 4 is 17.5 Å². The molecule has 17 heavy (non-hydrogen) atoms. The van der Waals surface area contributed by atoms with Gasteiger partial charge in [-0.15, -0.1) is 11.6 Å². The highest BCUT2D eigenvalue weighted by Crippen LogP contribution is 2.08. The maximum absolute atomic E-state index is 11.7. The van der Waals surface area contributed by atoms with Gasteiger partial charge in [-0.25, -0.2) is 0 Å². The minimum Gasteiger partial charge on any atom is -0.341 e. The summed E-state index contributed by atoms with van der Waals surface area (Å²) in [6.45, 7) is 0.524. The molecule has 4 heteroatoms. The molecule has 0 unspecified atom stereocenters. The standard InChI is InChI=1S/C13H15ClN2O/c1-16(13(17)6-3-7-14)10-12-5-2-4-11(8-12)9-15/h2,4-5,8H,3,6-7,10H2,1H3. The number of nitriles is 1. The van der Waals surface area contributed by atoms with E-state index in [1.807, 2.05) is 12.1 Å². The number of nitrogens with zero attached hydrogens (tertiary/aromatic N) is 2.